The van der Waals surface area contributed by atoms with E-state index in [0.29, 0.717) is 0 Å². The van der Waals surface area contributed by atoms with Crippen molar-refractivity contribution < 1.29 is 5.11 Å². The molecule has 0 saturated carbocycles. The number of hydrogen-bond donors (Lipinski definition) is 1. The lowest BCUT2D eigenvalue weighted by atomic mass is 10.1. The van der Waals surface area contributed by atoms with Gasteiger partial charge in [-0.3, -0.25) is 0 Å². The molecule has 2 nitrogen and oxygen atoms in total. The summed E-state index contributed by atoms with van der Waals surface area (Å²) in [6.45, 7) is 2.11. The molecule has 0 amide bonds. The number of nitrogens with zero attached hydrogens (tertiary/aromatic N) is 1. The zero-order chi connectivity index (χ0) is 13.5. The molecule has 2 aromatic rings. The van der Waals surface area contributed by atoms with Crippen LogP contribution in [0, 0.1) is 0 Å². The predicted octanol–water partition coefficient (Wildman–Crippen LogP) is 2.85. The molecule has 100 valence electrons. The van der Waals surface area contributed by atoms with Crippen LogP contribution in [0.1, 0.15) is 16.7 Å². The molecule has 0 aliphatic heterocycles. The molecule has 2 rings (SSSR count). The van der Waals surface area contributed by atoms with Gasteiger partial charge < -0.3 is 10.0 Å². The van der Waals surface area contributed by atoms with E-state index in [-0.39, 0.29) is 6.61 Å². The van der Waals surface area contributed by atoms with E-state index < -0.39 is 0 Å². The molecule has 0 saturated heterocycles. The normalized spacial score (nSPS) is 10.9. The summed E-state index contributed by atoms with van der Waals surface area (Å²) in [7, 11) is 2.14. The molecule has 0 aliphatic carbocycles. The monoisotopic (exact) mass is 255 g/mol. The highest BCUT2D eigenvalue weighted by molar-refractivity contribution is 5.22. The summed E-state index contributed by atoms with van der Waals surface area (Å²) in [6, 6.07) is 18.7. The van der Waals surface area contributed by atoms with Gasteiger partial charge in [-0.05, 0) is 30.2 Å². The van der Waals surface area contributed by atoms with Gasteiger partial charge in [0.1, 0.15) is 0 Å². The Kier molecular flexibility index (Phi) is 5.13. The number of aliphatic hydroxyl groups is 1. The third-order valence-electron chi connectivity index (χ3n) is 3.28. The highest BCUT2D eigenvalue weighted by atomic mass is 16.3. The largest absolute Gasteiger partial charge is 0.392 e. The lowest BCUT2D eigenvalue weighted by Crippen LogP contribution is -2.20. The molecule has 0 spiro atoms. The Bertz CT molecular complexity index is 478. The van der Waals surface area contributed by atoms with Crippen molar-refractivity contribution in [3.8, 4) is 0 Å². The van der Waals surface area contributed by atoms with Crippen molar-refractivity contribution >= 4 is 0 Å². The fourth-order valence-electron chi connectivity index (χ4n) is 2.11. The topological polar surface area (TPSA) is 23.5 Å². The molecule has 0 fully saturated rings. The Morgan fingerprint density at radius 3 is 2.11 bits per heavy atom. The van der Waals surface area contributed by atoms with Crippen LogP contribution < -0.4 is 0 Å². The molecule has 0 aliphatic rings. The van der Waals surface area contributed by atoms with Crippen molar-refractivity contribution in [3.63, 3.8) is 0 Å². The molecule has 0 radical (unpaired) electrons. The minimum Gasteiger partial charge on any atom is -0.392 e. The lowest BCUT2D eigenvalue weighted by molar-refractivity contribution is 0.281. The maximum absolute atomic E-state index is 9.01. The number of aliphatic hydroxyl groups excluding tert-OH is 1. The molecule has 2 heteroatoms. The van der Waals surface area contributed by atoms with Gasteiger partial charge in [-0.1, -0.05) is 54.6 Å². The maximum atomic E-state index is 9.01. The summed E-state index contributed by atoms with van der Waals surface area (Å²) in [4.78, 5) is 2.32. The van der Waals surface area contributed by atoms with Crippen LogP contribution in [0.2, 0.25) is 0 Å². The van der Waals surface area contributed by atoms with Crippen molar-refractivity contribution in [3.05, 3.63) is 71.3 Å². The van der Waals surface area contributed by atoms with Gasteiger partial charge in [0, 0.05) is 13.1 Å². The van der Waals surface area contributed by atoms with Crippen LogP contribution in [0.4, 0.5) is 0 Å². The zero-order valence-electron chi connectivity index (χ0n) is 11.4. The quantitative estimate of drug-likeness (QED) is 0.858. The highest BCUT2D eigenvalue weighted by Gasteiger charge is 2.01. The first kappa shape index (κ1) is 13.8. The Morgan fingerprint density at radius 1 is 0.842 bits per heavy atom. The van der Waals surface area contributed by atoms with Crippen LogP contribution in [-0.4, -0.2) is 23.6 Å². The molecule has 0 bridgehead atoms. The van der Waals surface area contributed by atoms with E-state index in [0.717, 1.165) is 25.1 Å². The summed E-state index contributed by atoms with van der Waals surface area (Å²) < 4.78 is 0. The zero-order valence-corrected chi connectivity index (χ0v) is 11.4. The van der Waals surface area contributed by atoms with Crippen LogP contribution in [-0.2, 0) is 19.6 Å². The Morgan fingerprint density at radius 2 is 1.47 bits per heavy atom. The third kappa shape index (κ3) is 4.51. The molecule has 2 aromatic carbocycles. The second kappa shape index (κ2) is 7.07. The number of rotatable bonds is 6. The number of likely N-dealkylation sites (N-methyl/N-ethyl adjacent to an activating group) is 1. The van der Waals surface area contributed by atoms with Gasteiger partial charge >= 0.3 is 0 Å². The van der Waals surface area contributed by atoms with E-state index in [9.17, 15) is 0 Å². The van der Waals surface area contributed by atoms with Crippen LogP contribution in [0.5, 0.6) is 0 Å². The molecule has 0 heterocycles. The Labute approximate surface area is 115 Å². The summed E-state index contributed by atoms with van der Waals surface area (Å²) in [5.74, 6) is 0. The van der Waals surface area contributed by atoms with Crippen molar-refractivity contribution in [2.24, 2.45) is 0 Å². The molecular weight excluding hydrogens is 234 g/mol. The van der Waals surface area contributed by atoms with E-state index in [4.69, 9.17) is 5.11 Å². The fourth-order valence-corrected chi connectivity index (χ4v) is 2.11. The van der Waals surface area contributed by atoms with Gasteiger partial charge in [0.2, 0.25) is 0 Å². The van der Waals surface area contributed by atoms with E-state index in [2.05, 4.69) is 54.4 Å². The SMILES string of the molecule is CN(CCc1ccccc1)Cc1ccc(CO)cc1. The molecule has 0 atom stereocenters. The minimum absolute atomic E-state index is 0.115. The Balaban J connectivity index is 1.82. The first-order valence-corrected chi connectivity index (χ1v) is 6.69. The molecular formula is C17H21NO. The average molecular weight is 255 g/mol. The van der Waals surface area contributed by atoms with Crippen LogP contribution >= 0.6 is 0 Å². The lowest BCUT2D eigenvalue weighted by Gasteiger charge is -2.16. The average Bonchev–Trinajstić information content (AvgIpc) is 2.47. The minimum atomic E-state index is 0.115. The first-order valence-electron chi connectivity index (χ1n) is 6.69. The van der Waals surface area contributed by atoms with Crippen molar-refractivity contribution in [2.45, 2.75) is 19.6 Å². The summed E-state index contributed by atoms with van der Waals surface area (Å²) in [5.41, 5.74) is 3.63. The van der Waals surface area contributed by atoms with Gasteiger partial charge in [0.05, 0.1) is 6.61 Å². The van der Waals surface area contributed by atoms with E-state index in [1.807, 2.05) is 12.1 Å². The van der Waals surface area contributed by atoms with Gasteiger partial charge in [-0.2, -0.15) is 0 Å². The predicted molar refractivity (Wildman–Crippen MR) is 78.8 cm³/mol. The van der Waals surface area contributed by atoms with E-state index in [1.54, 1.807) is 0 Å². The van der Waals surface area contributed by atoms with Crippen molar-refractivity contribution in [1.82, 2.24) is 4.90 Å². The van der Waals surface area contributed by atoms with Crippen LogP contribution in [0.15, 0.2) is 54.6 Å². The van der Waals surface area contributed by atoms with Crippen molar-refractivity contribution in [1.29, 1.82) is 0 Å². The van der Waals surface area contributed by atoms with Gasteiger partial charge in [0.15, 0.2) is 0 Å². The van der Waals surface area contributed by atoms with E-state index in [1.165, 1.54) is 11.1 Å². The van der Waals surface area contributed by atoms with Crippen molar-refractivity contribution in [2.75, 3.05) is 13.6 Å². The Hall–Kier alpha value is -1.64. The van der Waals surface area contributed by atoms with Gasteiger partial charge in [-0.25, -0.2) is 0 Å². The fraction of sp³-hybridized carbons (Fsp3) is 0.294. The standard InChI is InChI=1S/C17H21NO/c1-18(12-11-15-5-3-2-4-6-15)13-16-7-9-17(14-19)10-8-16/h2-10,19H,11-14H2,1H3. The number of benzene rings is 2. The summed E-state index contributed by atoms with van der Waals surface area (Å²) in [5, 5.41) is 9.01. The summed E-state index contributed by atoms with van der Waals surface area (Å²) >= 11 is 0. The number of hydrogen-bond acceptors (Lipinski definition) is 2. The van der Waals surface area contributed by atoms with Gasteiger partial charge in [-0.15, -0.1) is 0 Å². The second-order valence-electron chi connectivity index (χ2n) is 4.95. The van der Waals surface area contributed by atoms with Gasteiger partial charge in [0.25, 0.3) is 0 Å². The first-order chi connectivity index (χ1) is 9.28. The smallest absolute Gasteiger partial charge is 0.0681 e. The maximum Gasteiger partial charge on any atom is 0.0681 e. The third-order valence-corrected chi connectivity index (χ3v) is 3.28. The van der Waals surface area contributed by atoms with E-state index >= 15 is 0 Å². The van der Waals surface area contributed by atoms with Crippen LogP contribution in [0.25, 0.3) is 0 Å². The highest BCUT2D eigenvalue weighted by Crippen LogP contribution is 2.08. The summed E-state index contributed by atoms with van der Waals surface area (Å²) in [6.07, 6.45) is 1.08. The molecule has 0 unspecified atom stereocenters. The molecule has 0 aromatic heterocycles. The molecule has 1 N–H and O–H groups in total. The van der Waals surface area contributed by atoms with Crippen LogP contribution in [0.3, 0.4) is 0 Å². The second-order valence-corrected chi connectivity index (χ2v) is 4.95. The molecule has 19 heavy (non-hydrogen) atoms.